The van der Waals surface area contributed by atoms with Gasteiger partial charge in [-0.2, -0.15) is 5.26 Å². The van der Waals surface area contributed by atoms with Gasteiger partial charge >= 0.3 is 6.09 Å². The lowest BCUT2D eigenvalue weighted by molar-refractivity contribution is -0.111. The lowest BCUT2D eigenvalue weighted by Gasteiger charge is -2.26. The van der Waals surface area contributed by atoms with E-state index in [9.17, 15) is 14.9 Å². The van der Waals surface area contributed by atoms with Crippen molar-refractivity contribution in [1.29, 1.82) is 5.26 Å². The second-order valence-electron chi connectivity index (χ2n) is 6.99. The summed E-state index contributed by atoms with van der Waals surface area (Å²) in [6, 6.07) is 2.21. The second kappa shape index (κ2) is 11.9. The van der Waals surface area contributed by atoms with Gasteiger partial charge in [-0.15, -0.1) is 11.3 Å². The number of hydrogen-bond donors (Lipinski definition) is 1. The molecule has 7 nitrogen and oxygen atoms in total. The average molecular weight is 441 g/mol. The molecule has 0 saturated heterocycles. The molecule has 1 aromatic rings. The van der Waals surface area contributed by atoms with E-state index in [1.807, 2.05) is 13.8 Å². The standard InChI is InChI=1S/C23H28N4O3S/c1-5-12-27(7-3)23(29)30-17-9-10-18-19(14-24)22(31-20(18)13-17)26-21(28)11-8-16(6-2)15-25-4/h6,8,11,15,17H,2,4-5,7,9-10,12-13H2,1,3H3,(H,26,28)/b11-8+,16-15+. The number of nitrogens with one attached hydrogen (secondary N) is 1. The fourth-order valence-electron chi connectivity index (χ4n) is 3.32. The maximum absolute atomic E-state index is 12.4. The molecular formula is C23H28N4O3S. The third kappa shape index (κ3) is 6.40. The molecule has 0 aliphatic heterocycles. The molecule has 0 bridgehead atoms. The molecule has 0 fully saturated rings. The van der Waals surface area contributed by atoms with Crippen LogP contribution in [-0.2, 0) is 22.4 Å². The summed E-state index contributed by atoms with van der Waals surface area (Å²) in [5, 5.41) is 12.9. The predicted octanol–water partition coefficient (Wildman–Crippen LogP) is 4.61. The van der Waals surface area contributed by atoms with E-state index in [0.29, 0.717) is 48.5 Å². The highest BCUT2D eigenvalue weighted by Crippen LogP contribution is 2.38. The molecule has 1 unspecified atom stereocenters. The average Bonchev–Trinajstić information content (AvgIpc) is 3.10. The van der Waals surface area contributed by atoms with Gasteiger partial charge in [-0.3, -0.25) is 9.79 Å². The highest BCUT2D eigenvalue weighted by Gasteiger charge is 2.29. The van der Waals surface area contributed by atoms with Crippen LogP contribution in [0, 0.1) is 11.3 Å². The van der Waals surface area contributed by atoms with E-state index in [4.69, 9.17) is 4.74 Å². The molecule has 164 valence electrons. The van der Waals surface area contributed by atoms with Gasteiger partial charge in [0.2, 0.25) is 5.91 Å². The van der Waals surface area contributed by atoms with Crippen molar-refractivity contribution >= 4 is 35.1 Å². The first-order valence-corrected chi connectivity index (χ1v) is 11.1. The van der Waals surface area contributed by atoms with Gasteiger partial charge in [0.05, 0.1) is 5.56 Å². The Kier molecular flexibility index (Phi) is 9.22. The third-order valence-corrected chi connectivity index (χ3v) is 6.04. The molecule has 0 aromatic carbocycles. The quantitative estimate of drug-likeness (QED) is 0.345. The zero-order chi connectivity index (χ0) is 22.8. The maximum atomic E-state index is 12.4. The number of fused-ring (bicyclic) bond motifs is 1. The molecule has 1 atom stereocenters. The molecular weight excluding hydrogens is 412 g/mol. The van der Waals surface area contributed by atoms with Crippen LogP contribution in [-0.4, -0.2) is 42.8 Å². The monoisotopic (exact) mass is 440 g/mol. The molecule has 1 heterocycles. The number of rotatable bonds is 9. The normalized spacial score (nSPS) is 15.6. The van der Waals surface area contributed by atoms with E-state index in [1.165, 1.54) is 23.6 Å². The Bertz CT molecular complexity index is 939. The van der Waals surface area contributed by atoms with E-state index in [2.05, 4.69) is 29.7 Å². The number of hydrogen-bond acceptors (Lipinski definition) is 6. The summed E-state index contributed by atoms with van der Waals surface area (Å²) in [5.74, 6) is -0.354. The summed E-state index contributed by atoms with van der Waals surface area (Å²) < 4.78 is 5.70. The Hall–Kier alpha value is -3.18. The van der Waals surface area contributed by atoms with Crippen LogP contribution in [0.2, 0.25) is 0 Å². The molecule has 1 aromatic heterocycles. The number of nitriles is 1. The van der Waals surface area contributed by atoms with Crippen LogP contribution < -0.4 is 5.32 Å². The highest BCUT2D eigenvalue weighted by molar-refractivity contribution is 7.16. The Labute approximate surface area is 187 Å². The molecule has 0 saturated carbocycles. The summed E-state index contributed by atoms with van der Waals surface area (Å²) >= 11 is 1.36. The van der Waals surface area contributed by atoms with Gasteiger partial charge in [-0.25, -0.2) is 4.79 Å². The van der Waals surface area contributed by atoms with Gasteiger partial charge in [0.15, 0.2) is 0 Å². The molecule has 31 heavy (non-hydrogen) atoms. The lowest BCUT2D eigenvalue weighted by Crippen LogP contribution is -2.36. The Morgan fingerprint density at radius 1 is 1.42 bits per heavy atom. The first-order valence-electron chi connectivity index (χ1n) is 10.2. The van der Waals surface area contributed by atoms with Crippen molar-refractivity contribution < 1.29 is 14.3 Å². The number of allylic oxidation sites excluding steroid dienone is 3. The van der Waals surface area contributed by atoms with E-state index < -0.39 is 0 Å². The summed E-state index contributed by atoms with van der Waals surface area (Å²) in [5.41, 5.74) is 2.06. The van der Waals surface area contributed by atoms with E-state index in [-0.39, 0.29) is 18.1 Å². The molecule has 1 aliphatic carbocycles. The minimum Gasteiger partial charge on any atom is -0.446 e. The van der Waals surface area contributed by atoms with Crippen molar-refractivity contribution in [3.8, 4) is 6.07 Å². The number of ether oxygens (including phenoxy) is 1. The van der Waals surface area contributed by atoms with E-state index in [1.54, 1.807) is 17.1 Å². The minimum absolute atomic E-state index is 0.230. The number of amides is 2. The smallest absolute Gasteiger partial charge is 0.410 e. The van der Waals surface area contributed by atoms with Crippen molar-refractivity contribution in [2.45, 2.75) is 45.6 Å². The van der Waals surface area contributed by atoms with Gasteiger partial charge in [0, 0.05) is 36.7 Å². The number of anilines is 1. The van der Waals surface area contributed by atoms with Gasteiger partial charge in [0.1, 0.15) is 17.2 Å². The van der Waals surface area contributed by atoms with Crippen LogP contribution in [0.3, 0.4) is 0 Å². The predicted molar refractivity (Wildman–Crippen MR) is 124 cm³/mol. The zero-order valence-electron chi connectivity index (χ0n) is 18.0. The molecule has 1 N–H and O–H groups in total. The minimum atomic E-state index is -0.354. The largest absolute Gasteiger partial charge is 0.446 e. The topological polar surface area (TPSA) is 94.8 Å². The zero-order valence-corrected chi connectivity index (χ0v) is 18.8. The Morgan fingerprint density at radius 3 is 2.81 bits per heavy atom. The van der Waals surface area contributed by atoms with Crippen molar-refractivity contribution in [2.75, 3.05) is 18.4 Å². The second-order valence-corrected chi connectivity index (χ2v) is 8.09. The summed E-state index contributed by atoms with van der Waals surface area (Å²) in [7, 11) is 0. The first-order chi connectivity index (χ1) is 15.0. The number of carbonyl (C=O) groups is 2. The molecule has 8 heteroatoms. The van der Waals surface area contributed by atoms with Gasteiger partial charge in [-0.05, 0) is 50.1 Å². The van der Waals surface area contributed by atoms with Crippen molar-refractivity contribution in [3.63, 3.8) is 0 Å². The SMILES string of the molecule is C=CC(/C=C/C(=O)Nc1sc2c(c1C#N)CCC(OC(=O)N(CC)CCC)C2)=C\N=C. The Balaban J connectivity index is 2.10. The van der Waals surface area contributed by atoms with Crippen LogP contribution in [0.5, 0.6) is 0 Å². The van der Waals surface area contributed by atoms with Crippen LogP contribution in [0.25, 0.3) is 0 Å². The fraction of sp³-hybridized carbons (Fsp3) is 0.391. The van der Waals surface area contributed by atoms with E-state index in [0.717, 1.165) is 16.9 Å². The van der Waals surface area contributed by atoms with Gasteiger partial charge in [0.25, 0.3) is 0 Å². The highest BCUT2D eigenvalue weighted by atomic mass is 32.1. The van der Waals surface area contributed by atoms with Crippen molar-refractivity contribution in [3.05, 3.63) is 52.6 Å². The molecule has 2 amide bonds. The lowest BCUT2D eigenvalue weighted by atomic mass is 9.94. The fourth-order valence-corrected chi connectivity index (χ4v) is 4.59. The number of carbonyl (C=O) groups excluding carboxylic acids is 2. The summed E-state index contributed by atoms with van der Waals surface area (Å²) in [6.07, 6.45) is 8.16. The van der Waals surface area contributed by atoms with Gasteiger partial charge < -0.3 is 15.0 Å². The number of thiophene rings is 1. The van der Waals surface area contributed by atoms with E-state index >= 15 is 0 Å². The number of aliphatic imine (C=N–C) groups is 1. The van der Waals surface area contributed by atoms with Crippen molar-refractivity contribution in [2.24, 2.45) is 4.99 Å². The molecule has 2 rings (SSSR count). The first kappa shape index (κ1) is 24.1. The van der Waals surface area contributed by atoms with Crippen LogP contribution in [0.15, 0.2) is 41.6 Å². The summed E-state index contributed by atoms with van der Waals surface area (Å²) in [4.78, 5) is 31.0. The molecule has 0 spiro atoms. The Morgan fingerprint density at radius 2 is 2.19 bits per heavy atom. The third-order valence-electron chi connectivity index (χ3n) is 4.87. The molecule has 0 radical (unpaired) electrons. The van der Waals surface area contributed by atoms with Gasteiger partial charge in [-0.1, -0.05) is 19.6 Å². The van der Waals surface area contributed by atoms with Crippen LogP contribution >= 0.6 is 11.3 Å². The molecule has 1 aliphatic rings. The number of nitrogens with zero attached hydrogens (tertiary/aromatic N) is 3. The summed E-state index contributed by atoms with van der Waals surface area (Å²) in [6.45, 7) is 12.2. The maximum Gasteiger partial charge on any atom is 0.410 e. The van der Waals surface area contributed by atoms with Crippen LogP contribution in [0.4, 0.5) is 9.80 Å². The van der Waals surface area contributed by atoms with Crippen LogP contribution in [0.1, 0.15) is 42.7 Å². The van der Waals surface area contributed by atoms with Crippen molar-refractivity contribution in [1.82, 2.24) is 4.90 Å².